The van der Waals surface area contributed by atoms with Crippen LogP contribution in [0.15, 0.2) is 18.2 Å². The van der Waals surface area contributed by atoms with Gasteiger partial charge in [0.2, 0.25) is 0 Å². The van der Waals surface area contributed by atoms with Crippen LogP contribution in [-0.2, 0) is 4.74 Å². The lowest BCUT2D eigenvalue weighted by molar-refractivity contribution is -0.00692. The largest absolute Gasteiger partial charge is 0.483 e. The predicted octanol–water partition coefficient (Wildman–Crippen LogP) is 1.46. The van der Waals surface area contributed by atoms with Gasteiger partial charge >= 0.3 is 0 Å². The molecule has 0 spiro atoms. The fraction of sp³-hybridized carbons (Fsp3) is 0.455. The summed E-state index contributed by atoms with van der Waals surface area (Å²) in [4.78, 5) is 0. The van der Waals surface area contributed by atoms with Crippen LogP contribution in [0.5, 0.6) is 5.75 Å². The highest BCUT2D eigenvalue weighted by atomic mass is 19.1. The zero-order valence-corrected chi connectivity index (χ0v) is 8.66. The number of benzene rings is 1. The summed E-state index contributed by atoms with van der Waals surface area (Å²) >= 11 is 0. The molecule has 1 aromatic carbocycles. The monoisotopic (exact) mass is 229 g/mol. The van der Waals surface area contributed by atoms with Gasteiger partial charge in [0, 0.05) is 18.7 Å². The molecular formula is C11H13F2NO2. The predicted molar refractivity (Wildman–Crippen MR) is 54.2 cm³/mol. The van der Waals surface area contributed by atoms with E-state index in [1.54, 1.807) is 0 Å². The zero-order valence-electron chi connectivity index (χ0n) is 8.66. The van der Waals surface area contributed by atoms with Gasteiger partial charge < -0.3 is 15.2 Å². The molecular weight excluding hydrogens is 216 g/mol. The van der Waals surface area contributed by atoms with Crippen molar-refractivity contribution in [2.75, 3.05) is 13.2 Å². The fourth-order valence-electron chi connectivity index (χ4n) is 1.58. The van der Waals surface area contributed by atoms with Gasteiger partial charge in [-0.3, -0.25) is 0 Å². The van der Waals surface area contributed by atoms with Crippen LogP contribution in [-0.4, -0.2) is 25.4 Å². The van der Waals surface area contributed by atoms with Crippen molar-refractivity contribution in [2.45, 2.75) is 18.6 Å². The average molecular weight is 229 g/mol. The van der Waals surface area contributed by atoms with Crippen molar-refractivity contribution in [3.05, 3.63) is 29.8 Å². The summed E-state index contributed by atoms with van der Waals surface area (Å²) in [5.41, 5.74) is 5.79. The molecule has 1 aliphatic heterocycles. The van der Waals surface area contributed by atoms with Gasteiger partial charge in [-0.2, -0.15) is 0 Å². The van der Waals surface area contributed by atoms with Crippen molar-refractivity contribution >= 4 is 0 Å². The van der Waals surface area contributed by atoms with E-state index in [9.17, 15) is 8.78 Å². The molecule has 3 nitrogen and oxygen atoms in total. The molecule has 2 N–H and O–H groups in total. The Kier molecular flexibility index (Phi) is 3.36. The van der Waals surface area contributed by atoms with E-state index < -0.39 is 17.7 Å². The maximum absolute atomic E-state index is 13.3. The maximum atomic E-state index is 13.3. The summed E-state index contributed by atoms with van der Waals surface area (Å²) < 4.78 is 36.7. The van der Waals surface area contributed by atoms with E-state index in [2.05, 4.69) is 0 Å². The minimum Gasteiger partial charge on any atom is -0.483 e. The molecule has 0 saturated carbocycles. The fourth-order valence-corrected chi connectivity index (χ4v) is 1.58. The molecule has 0 aliphatic carbocycles. The summed E-state index contributed by atoms with van der Waals surface area (Å²) in [5, 5.41) is 0. The van der Waals surface area contributed by atoms with E-state index >= 15 is 0 Å². The lowest BCUT2D eigenvalue weighted by atomic mass is 10.1. The lowest BCUT2D eigenvalue weighted by Crippen LogP contribution is -2.46. The first-order valence-electron chi connectivity index (χ1n) is 5.12. The van der Waals surface area contributed by atoms with Crippen molar-refractivity contribution in [1.82, 2.24) is 0 Å². The molecule has 5 heteroatoms. The second-order valence-electron chi connectivity index (χ2n) is 3.76. The van der Waals surface area contributed by atoms with Gasteiger partial charge in [0.15, 0.2) is 11.6 Å². The normalized spacial score (nSPS) is 25.4. The second-order valence-corrected chi connectivity index (χ2v) is 3.76. The van der Waals surface area contributed by atoms with Crippen LogP contribution < -0.4 is 10.5 Å². The van der Waals surface area contributed by atoms with Crippen LogP contribution in [0.3, 0.4) is 0 Å². The van der Waals surface area contributed by atoms with Crippen LogP contribution in [0, 0.1) is 11.6 Å². The summed E-state index contributed by atoms with van der Waals surface area (Å²) in [7, 11) is 0. The number of nitrogens with two attached hydrogens (primary N) is 1. The second kappa shape index (κ2) is 4.76. The van der Waals surface area contributed by atoms with E-state index in [4.69, 9.17) is 15.2 Å². The highest BCUT2D eigenvalue weighted by Crippen LogP contribution is 2.21. The van der Waals surface area contributed by atoms with E-state index in [1.165, 1.54) is 0 Å². The van der Waals surface area contributed by atoms with Crippen LogP contribution in [0.1, 0.15) is 6.42 Å². The lowest BCUT2D eigenvalue weighted by Gasteiger charge is -2.29. The van der Waals surface area contributed by atoms with Crippen molar-refractivity contribution in [2.24, 2.45) is 5.73 Å². The van der Waals surface area contributed by atoms with Gasteiger partial charge in [-0.05, 0) is 18.6 Å². The molecule has 2 rings (SSSR count). The average Bonchev–Trinajstić information content (AvgIpc) is 2.27. The third-order valence-corrected chi connectivity index (χ3v) is 2.53. The molecule has 0 bridgehead atoms. The summed E-state index contributed by atoms with van der Waals surface area (Å²) in [5.74, 6) is -1.26. The Morgan fingerprint density at radius 3 is 2.94 bits per heavy atom. The van der Waals surface area contributed by atoms with E-state index in [0.29, 0.717) is 19.6 Å². The Hall–Kier alpha value is -1.20. The summed E-state index contributed by atoms with van der Waals surface area (Å²) in [6.07, 6.45) is 0.228. The standard InChI is InChI=1S/C11H13F2NO2/c12-7-1-2-8(13)10(5-7)16-11-6-15-4-3-9(11)14/h1-2,5,9,11H,3-4,6,14H2. The molecule has 16 heavy (non-hydrogen) atoms. The third kappa shape index (κ3) is 2.48. The minimum absolute atomic E-state index is 0.119. The van der Waals surface area contributed by atoms with E-state index in [0.717, 1.165) is 18.2 Å². The summed E-state index contributed by atoms with van der Waals surface area (Å²) in [6.45, 7) is 0.879. The number of hydrogen-bond acceptors (Lipinski definition) is 3. The smallest absolute Gasteiger partial charge is 0.165 e. The van der Waals surface area contributed by atoms with Gasteiger partial charge in [0.25, 0.3) is 0 Å². The van der Waals surface area contributed by atoms with E-state index in [-0.39, 0.29) is 11.8 Å². The minimum atomic E-state index is -0.598. The van der Waals surface area contributed by atoms with Crippen molar-refractivity contribution in [3.63, 3.8) is 0 Å². The SMILES string of the molecule is NC1CCOCC1Oc1cc(F)ccc1F. The first kappa shape index (κ1) is 11.3. The number of rotatable bonds is 2. The topological polar surface area (TPSA) is 44.5 Å². The van der Waals surface area contributed by atoms with Gasteiger partial charge in [-0.25, -0.2) is 8.78 Å². The Bertz CT molecular complexity index is 373. The Balaban J connectivity index is 2.10. The Labute approximate surface area is 92.1 Å². The van der Waals surface area contributed by atoms with Crippen LogP contribution in [0.2, 0.25) is 0 Å². The van der Waals surface area contributed by atoms with Gasteiger partial charge in [-0.1, -0.05) is 0 Å². The van der Waals surface area contributed by atoms with E-state index in [1.807, 2.05) is 0 Å². The number of halogens is 2. The molecule has 88 valence electrons. The molecule has 2 atom stereocenters. The molecule has 0 amide bonds. The molecule has 1 fully saturated rings. The Morgan fingerprint density at radius 2 is 2.19 bits per heavy atom. The van der Waals surface area contributed by atoms with Crippen molar-refractivity contribution < 1.29 is 18.3 Å². The highest BCUT2D eigenvalue weighted by molar-refractivity contribution is 5.25. The summed E-state index contributed by atoms with van der Waals surface area (Å²) in [6, 6.07) is 2.87. The zero-order chi connectivity index (χ0) is 11.5. The molecule has 1 aromatic rings. The highest BCUT2D eigenvalue weighted by Gasteiger charge is 2.25. The Morgan fingerprint density at radius 1 is 1.38 bits per heavy atom. The molecule has 1 heterocycles. The first-order valence-corrected chi connectivity index (χ1v) is 5.12. The number of ether oxygens (including phenoxy) is 2. The third-order valence-electron chi connectivity index (χ3n) is 2.53. The van der Waals surface area contributed by atoms with Gasteiger partial charge in [0.1, 0.15) is 11.9 Å². The van der Waals surface area contributed by atoms with Crippen molar-refractivity contribution in [3.8, 4) is 5.75 Å². The van der Waals surface area contributed by atoms with Gasteiger partial charge in [0.05, 0.1) is 6.61 Å². The van der Waals surface area contributed by atoms with Gasteiger partial charge in [-0.15, -0.1) is 0 Å². The first-order chi connectivity index (χ1) is 7.66. The van der Waals surface area contributed by atoms with Crippen LogP contribution in [0.25, 0.3) is 0 Å². The molecule has 1 saturated heterocycles. The molecule has 0 aromatic heterocycles. The van der Waals surface area contributed by atoms with Crippen molar-refractivity contribution in [1.29, 1.82) is 0 Å². The molecule has 2 unspecified atom stereocenters. The maximum Gasteiger partial charge on any atom is 0.165 e. The van der Waals surface area contributed by atoms with Crippen LogP contribution in [0.4, 0.5) is 8.78 Å². The molecule has 0 radical (unpaired) electrons. The van der Waals surface area contributed by atoms with Crippen LogP contribution >= 0.6 is 0 Å². The number of hydrogen-bond donors (Lipinski definition) is 1. The quantitative estimate of drug-likeness (QED) is 0.835. The molecule has 1 aliphatic rings.